The van der Waals surface area contributed by atoms with Crippen LogP contribution in [0.25, 0.3) is 0 Å². The number of carbonyl (C=O) groups excluding carboxylic acids is 3. The van der Waals surface area contributed by atoms with Crippen molar-refractivity contribution in [3.63, 3.8) is 0 Å². The Hall–Kier alpha value is -2.28. The van der Waals surface area contributed by atoms with Crippen molar-refractivity contribution in [2.45, 2.75) is 6.92 Å². The van der Waals surface area contributed by atoms with Gasteiger partial charge in [-0.15, -0.1) is 0 Å². The average Bonchev–Trinajstić information content (AvgIpc) is 2.36. The summed E-state index contributed by atoms with van der Waals surface area (Å²) in [4.78, 5) is 33.3. The maximum Gasteiger partial charge on any atom is 0.340 e. The van der Waals surface area contributed by atoms with Gasteiger partial charge in [0.1, 0.15) is 0 Å². The molecule has 0 bridgehead atoms. The van der Waals surface area contributed by atoms with E-state index in [9.17, 15) is 14.4 Å². The van der Waals surface area contributed by atoms with E-state index in [-0.39, 0.29) is 11.3 Å². The minimum absolute atomic E-state index is 0.0693. The molecular weight excluding hydrogens is 274 g/mol. The summed E-state index contributed by atoms with van der Waals surface area (Å²) in [6, 6.07) is 4.32. The van der Waals surface area contributed by atoms with Crippen LogP contribution >= 0.6 is 11.6 Å². The van der Waals surface area contributed by atoms with Crippen molar-refractivity contribution in [1.29, 1.82) is 0 Å². The molecule has 1 rings (SSSR count). The first-order valence-electron chi connectivity index (χ1n) is 5.17. The number of ether oxygens (including phenoxy) is 1. The third-order valence-corrected chi connectivity index (χ3v) is 2.18. The number of hydrogen-bond acceptors (Lipinski definition) is 5. The number of esters is 1. The molecular formula is C11H12ClN3O4. The van der Waals surface area contributed by atoms with Crippen molar-refractivity contribution in [2.24, 2.45) is 0 Å². The van der Waals surface area contributed by atoms with E-state index in [0.29, 0.717) is 5.02 Å². The maximum atomic E-state index is 11.6. The Morgan fingerprint density at radius 2 is 2.00 bits per heavy atom. The van der Waals surface area contributed by atoms with Gasteiger partial charge in [-0.2, -0.15) is 0 Å². The molecule has 0 heterocycles. The summed E-state index contributed by atoms with van der Waals surface area (Å²) in [5.74, 6) is -1.90. The molecule has 7 nitrogen and oxygen atoms in total. The van der Waals surface area contributed by atoms with Crippen molar-refractivity contribution >= 4 is 35.1 Å². The van der Waals surface area contributed by atoms with Crippen molar-refractivity contribution in [3.8, 4) is 0 Å². The highest BCUT2D eigenvalue weighted by atomic mass is 35.5. The number of nitrogens with two attached hydrogens (primary N) is 1. The van der Waals surface area contributed by atoms with E-state index < -0.39 is 24.4 Å². The Morgan fingerprint density at radius 1 is 1.32 bits per heavy atom. The Bertz CT molecular complexity index is 519. The van der Waals surface area contributed by atoms with Crippen LogP contribution in [-0.2, 0) is 14.3 Å². The van der Waals surface area contributed by atoms with Gasteiger partial charge in [-0.1, -0.05) is 11.6 Å². The average molecular weight is 286 g/mol. The molecule has 1 aromatic rings. The highest BCUT2D eigenvalue weighted by Crippen LogP contribution is 2.18. The van der Waals surface area contributed by atoms with Gasteiger partial charge in [0.05, 0.1) is 5.56 Å². The van der Waals surface area contributed by atoms with Crippen LogP contribution in [0.2, 0.25) is 5.02 Å². The molecule has 0 aliphatic carbocycles. The van der Waals surface area contributed by atoms with Gasteiger partial charge in [-0.05, 0) is 18.2 Å². The largest absolute Gasteiger partial charge is 0.452 e. The summed E-state index contributed by atoms with van der Waals surface area (Å²) in [6.45, 7) is 0.671. The molecule has 0 aliphatic rings. The first-order valence-corrected chi connectivity index (χ1v) is 5.55. The molecule has 0 saturated heterocycles. The van der Waals surface area contributed by atoms with E-state index in [0.717, 1.165) is 0 Å². The molecule has 0 fully saturated rings. The quantitative estimate of drug-likeness (QED) is 0.419. The number of rotatable bonds is 3. The van der Waals surface area contributed by atoms with Crippen LogP contribution in [-0.4, -0.2) is 24.4 Å². The fraction of sp³-hybridized carbons (Fsp3) is 0.182. The normalized spacial score (nSPS) is 9.58. The highest BCUT2D eigenvalue weighted by molar-refractivity contribution is 6.31. The predicted molar refractivity (Wildman–Crippen MR) is 68.1 cm³/mol. The van der Waals surface area contributed by atoms with Gasteiger partial charge in [0, 0.05) is 17.6 Å². The third-order valence-electron chi connectivity index (χ3n) is 1.95. The Morgan fingerprint density at radius 3 is 2.63 bits per heavy atom. The summed E-state index contributed by atoms with van der Waals surface area (Å²) in [5.41, 5.74) is 9.93. The molecule has 2 amide bonds. The Kier molecular flexibility index (Phi) is 5.13. The van der Waals surface area contributed by atoms with E-state index >= 15 is 0 Å². The summed E-state index contributed by atoms with van der Waals surface area (Å²) >= 11 is 5.72. The lowest BCUT2D eigenvalue weighted by Gasteiger charge is -2.08. The van der Waals surface area contributed by atoms with Gasteiger partial charge in [-0.25, -0.2) is 4.79 Å². The Labute approximate surface area is 114 Å². The molecule has 0 atom stereocenters. The fourth-order valence-corrected chi connectivity index (χ4v) is 1.28. The summed E-state index contributed by atoms with van der Waals surface area (Å²) < 4.78 is 4.72. The lowest BCUT2D eigenvalue weighted by molar-refractivity contribution is -0.129. The minimum Gasteiger partial charge on any atom is -0.452 e. The smallest absolute Gasteiger partial charge is 0.340 e. The number of halogens is 1. The molecule has 0 unspecified atom stereocenters. The van der Waals surface area contributed by atoms with Crippen LogP contribution in [0.4, 0.5) is 5.69 Å². The van der Waals surface area contributed by atoms with Gasteiger partial charge in [0.2, 0.25) is 5.91 Å². The maximum absolute atomic E-state index is 11.6. The SMILES string of the molecule is CC(=O)NNC(=O)COC(=O)c1cc(Cl)ccc1N. The predicted octanol–water partition coefficient (Wildman–Crippen LogP) is 0.246. The number of nitrogen functional groups attached to an aromatic ring is 1. The molecule has 8 heteroatoms. The van der Waals surface area contributed by atoms with E-state index in [1.807, 2.05) is 5.43 Å². The van der Waals surface area contributed by atoms with Gasteiger partial charge in [0.15, 0.2) is 6.61 Å². The van der Waals surface area contributed by atoms with Gasteiger partial charge < -0.3 is 10.5 Å². The zero-order chi connectivity index (χ0) is 14.4. The van der Waals surface area contributed by atoms with Crippen molar-refractivity contribution < 1.29 is 19.1 Å². The first-order chi connectivity index (χ1) is 8.90. The summed E-state index contributed by atoms with van der Waals surface area (Å²) in [6.07, 6.45) is 0. The molecule has 102 valence electrons. The molecule has 0 aromatic heterocycles. The van der Waals surface area contributed by atoms with Crippen molar-refractivity contribution in [3.05, 3.63) is 28.8 Å². The topological polar surface area (TPSA) is 111 Å². The van der Waals surface area contributed by atoms with E-state index in [2.05, 4.69) is 5.43 Å². The van der Waals surface area contributed by atoms with Crippen molar-refractivity contribution in [2.75, 3.05) is 12.3 Å². The zero-order valence-corrected chi connectivity index (χ0v) is 10.8. The number of amides is 2. The summed E-state index contributed by atoms with van der Waals surface area (Å²) in [5, 5.41) is 0.323. The third kappa shape index (κ3) is 4.84. The lowest BCUT2D eigenvalue weighted by atomic mass is 10.2. The second-order valence-corrected chi connectivity index (χ2v) is 3.97. The number of benzene rings is 1. The molecule has 19 heavy (non-hydrogen) atoms. The monoisotopic (exact) mass is 285 g/mol. The zero-order valence-electron chi connectivity index (χ0n) is 10.0. The lowest BCUT2D eigenvalue weighted by Crippen LogP contribution is -2.42. The number of anilines is 1. The summed E-state index contributed by atoms with van der Waals surface area (Å²) in [7, 11) is 0. The molecule has 4 N–H and O–H groups in total. The van der Waals surface area contributed by atoms with Crippen molar-refractivity contribution in [1.82, 2.24) is 10.9 Å². The number of carbonyl (C=O) groups is 3. The van der Waals surface area contributed by atoms with Crippen LogP contribution in [0.1, 0.15) is 17.3 Å². The number of hydrazine groups is 1. The fourth-order valence-electron chi connectivity index (χ4n) is 1.11. The minimum atomic E-state index is -0.780. The van der Waals surface area contributed by atoms with Gasteiger partial charge in [0.25, 0.3) is 5.91 Å². The van der Waals surface area contributed by atoms with Crippen LogP contribution in [0, 0.1) is 0 Å². The molecule has 0 saturated carbocycles. The molecule has 1 aromatic carbocycles. The standard InChI is InChI=1S/C11H12ClN3O4/c1-6(16)14-15-10(17)5-19-11(18)8-4-7(12)2-3-9(8)13/h2-4H,5,13H2,1H3,(H,14,16)(H,15,17). The van der Waals surface area contributed by atoms with Crippen LogP contribution < -0.4 is 16.6 Å². The van der Waals surface area contributed by atoms with Gasteiger partial charge in [-0.3, -0.25) is 20.4 Å². The first kappa shape index (κ1) is 14.8. The van der Waals surface area contributed by atoms with Crippen LogP contribution in [0.3, 0.4) is 0 Å². The number of hydrogen-bond donors (Lipinski definition) is 3. The second kappa shape index (κ2) is 6.60. The van der Waals surface area contributed by atoms with Crippen LogP contribution in [0.5, 0.6) is 0 Å². The Balaban J connectivity index is 2.53. The number of nitrogens with one attached hydrogen (secondary N) is 2. The highest BCUT2D eigenvalue weighted by Gasteiger charge is 2.13. The van der Waals surface area contributed by atoms with E-state index in [1.54, 1.807) is 0 Å². The van der Waals surface area contributed by atoms with E-state index in [4.69, 9.17) is 22.1 Å². The van der Waals surface area contributed by atoms with Gasteiger partial charge >= 0.3 is 5.97 Å². The molecule has 0 spiro atoms. The molecule has 0 aliphatic heterocycles. The second-order valence-electron chi connectivity index (χ2n) is 3.54. The van der Waals surface area contributed by atoms with Crippen LogP contribution in [0.15, 0.2) is 18.2 Å². The molecule has 0 radical (unpaired) electrons. The van der Waals surface area contributed by atoms with E-state index in [1.165, 1.54) is 25.1 Å².